The molecule has 0 aliphatic heterocycles. The van der Waals surface area contributed by atoms with E-state index in [-0.39, 0.29) is 24.9 Å². The summed E-state index contributed by atoms with van der Waals surface area (Å²) in [7, 11) is 1.50. The molecule has 1 unspecified atom stereocenters. The lowest BCUT2D eigenvalue weighted by Gasteiger charge is -2.29. The first-order valence-corrected chi connectivity index (χ1v) is 5.99. The molecule has 2 N–H and O–H groups in total. The molecule has 0 heterocycles. The van der Waals surface area contributed by atoms with Crippen molar-refractivity contribution in [3.05, 3.63) is 0 Å². The van der Waals surface area contributed by atoms with Gasteiger partial charge in [-0.1, -0.05) is 12.8 Å². The van der Waals surface area contributed by atoms with Gasteiger partial charge in [0.1, 0.15) is 0 Å². The summed E-state index contributed by atoms with van der Waals surface area (Å²) in [4.78, 5) is 22.7. The Labute approximate surface area is 102 Å². The molecule has 1 saturated carbocycles. The van der Waals surface area contributed by atoms with E-state index in [0.29, 0.717) is 0 Å². The lowest BCUT2D eigenvalue weighted by Crippen LogP contribution is -2.52. The van der Waals surface area contributed by atoms with Crippen LogP contribution in [0.4, 0.5) is 0 Å². The van der Waals surface area contributed by atoms with Gasteiger partial charge in [0, 0.05) is 13.0 Å². The van der Waals surface area contributed by atoms with Gasteiger partial charge in [0.05, 0.1) is 18.6 Å². The Bertz CT molecular complexity index is 286. The van der Waals surface area contributed by atoms with Crippen molar-refractivity contribution >= 4 is 11.9 Å². The molecule has 0 aromatic rings. The molecule has 1 amide bonds. The summed E-state index contributed by atoms with van der Waals surface area (Å²) >= 11 is 0. The molecule has 1 atom stereocenters. The van der Waals surface area contributed by atoms with E-state index in [9.17, 15) is 9.59 Å². The highest BCUT2D eigenvalue weighted by atomic mass is 16.5. The summed E-state index contributed by atoms with van der Waals surface area (Å²) in [6, 6.07) is 0. The molecule has 17 heavy (non-hydrogen) atoms. The topological polar surface area (TPSA) is 75.6 Å². The third-order valence-corrected chi connectivity index (χ3v) is 3.16. The maximum absolute atomic E-state index is 12.0. The van der Waals surface area contributed by atoms with Crippen molar-refractivity contribution in [3.63, 3.8) is 0 Å². The number of hydrogen-bond acceptors (Lipinski definition) is 3. The number of carboxylic acids is 1. The summed E-state index contributed by atoms with van der Waals surface area (Å²) in [5.41, 5.74) is -0.819. The van der Waals surface area contributed by atoms with Gasteiger partial charge in [-0.2, -0.15) is 0 Å². The predicted octanol–water partition coefficient (Wildman–Crippen LogP) is 1.17. The molecule has 0 bridgehead atoms. The number of methoxy groups -OCH3 is 1. The van der Waals surface area contributed by atoms with Gasteiger partial charge in [0.15, 0.2) is 0 Å². The number of aliphatic carboxylic acids is 1. The van der Waals surface area contributed by atoms with E-state index in [2.05, 4.69) is 5.32 Å². The van der Waals surface area contributed by atoms with Crippen molar-refractivity contribution in [1.29, 1.82) is 0 Å². The third-order valence-electron chi connectivity index (χ3n) is 3.16. The first-order valence-electron chi connectivity index (χ1n) is 5.99. The lowest BCUT2D eigenvalue weighted by molar-refractivity contribution is -0.140. The molecule has 0 saturated heterocycles. The van der Waals surface area contributed by atoms with E-state index in [4.69, 9.17) is 9.84 Å². The minimum absolute atomic E-state index is 0.0386. The monoisotopic (exact) mass is 243 g/mol. The highest BCUT2D eigenvalue weighted by molar-refractivity contribution is 5.80. The van der Waals surface area contributed by atoms with Crippen LogP contribution in [0.3, 0.4) is 0 Å². The van der Waals surface area contributed by atoms with Crippen LogP contribution in [0.25, 0.3) is 0 Å². The minimum Gasteiger partial charge on any atom is -0.481 e. The van der Waals surface area contributed by atoms with Crippen LogP contribution in [0.15, 0.2) is 0 Å². The average Bonchev–Trinajstić information content (AvgIpc) is 2.68. The van der Waals surface area contributed by atoms with Crippen LogP contribution < -0.4 is 5.32 Å². The Balaban J connectivity index is 2.58. The zero-order valence-electron chi connectivity index (χ0n) is 10.5. The highest BCUT2D eigenvalue weighted by Gasteiger charge is 2.32. The van der Waals surface area contributed by atoms with Gasteiger partial charge < -0.3 is 15.2 Å². The molecule has 1 aliphatic rings. The zero-order chi connectivity index (χ0) is 12.9. The fourth-order valence-electron chi connectivity index (χ4n) is 2.37. The van der Waals surface area contributed by atoms with Crippen LogP contribution in [-0.2, 0) is 14.3 Å². The second-order valence-electron chi connectivity index (χ2n) is 5.03. The summed E-state index contributed by atoms with van der Waals surface area (Å²) in [6.45, 7) is 1.91. The molecule has 98 valence electrons. The van der Waals surface area contributed by atoms with Gasteiger partial charge >= 0.3 is 5.97 Å². The zero-order valence-corrected chi connectivity index (χ0v) is 10.5. The smallest absolute Gasteiger partial charge is 0.305 e. The Kier molecular flexibility index (Phi) is 4.93. The molecular formula is C12H21NO4. The number of ether oxygens (including phenoxy) is 1. The van der Waals surface area contributed by atoms with Crippen molar-refractivity contribution in [1.82, 2.24) is 5.32 Å². The number of nitrogens with one attached hydrogen (secondary N) is 1. The molecule has 0 aromatic carbocycles. The minimum atomic E-state index is -0.934. The van der Waals surface area contributed by atoms with Crippen molar-refractivity contribution in [2.75, 3.05) is 13.7 Å². The fraction of sp³-hybridized carbons (Fsp3) is 0.833. The van der Waals surface area contributed by atoms with Crippen LogP contribution in [-0.4, -0.2) is 36.2 Å². The van der Waals surface area contributed by atoms with Gasteiger partial charge in [0.2, 0.25) is 5.91 Å². The van der Waals surface area contributed by atoms with E-state index >= 15 is 0 Å². The fourth-order valence-corrected chi connectivity index (χ4v) is 2.37. The molecule has 0 spiro atoms. The van der Waals surface area contributed by atoms with E-state index < -0.39 is 11.5 Å². The Morgan fingerprint density at radius 2 is 2.00 bits per heavy atom. The van der Waals surface area contributed by atoms with Gasteiger partial charge in [-0.3, -0.25) is 9.59 Å². The number of rotatable bonds is 6. The standard InChI is InChI=1S/C12H21NO4/c1-12(8-17-2,7-10(14)15)13-11(16)9-5-3-4-6-9/h9H,3-8H2,1-2H3,(H,13,16)(H,14,15). The van der Waals surface area contributed by atoms with Gasteiger partial charge in [-0.15, -0.1) is 0 Å². The maximum atomic E-state index is 12.0. The summed E-state index contributed by atoms with van der Waals surface area (Å²) in [6.07, 6.45) is 3.85. The number of hydrogen-bond donors (Lipinski definition) is 2. The third kappa shape index (κ3) is 4.34. The highest BCUT2D eigenvalue weighted by Crippen LogP contribution is 2.25. The normalized spacial score (nSPS) is 19.9. The van der Waals surface area contributed by atoms with Crippen LogP contribution in [0.2, 0.25) is 0 Å². The van der Waals surface area contributed by atoms with Crippen molar-refractivity contribution in [2.24, 2.45) is 5.92 Å². The summed E-state index contributed by atoms with van der Waals surface area (Å²) in [5.74, 6) is -0.931. The number of carboxylic acid groups (broad SMARTS) is 1. The maximum Gasteiger partial charge on any atom is 0.305 e. The van der Waals surface area contributed by atoms with Crippen LogP contribution in [0.1, 0.15) is 39.0 Å². The molecule has 0 aromatic heterocycles. The van der Waals surface area contributed by atoms with Crippen LogP contribution >= 0.6 is 0 Å². The molecule has 5 nitrogen and oxygen atoms in total. The van der Waals surface area contributed by atoms with Crippen molar-refractivity contribution in [2.45, 2.75) is 44.6 Å². The lowest BCUT2D eigenvalue weighted by atomic mass is 9.97. The second-order valence-corrected chi connectivity index (χ2v) is 5.03. The number of carbonyl (C=O) groups is 2. The largest absolute Gasteiger partial charge is 0.481 e. The Morgan fingerprint density at radius 3 is 2.47 bits per heavy atom. The summed E-state index contributed by atoms with van der Waals surface area (Å²) in [5, 5.41) is 11.7. The first kappa shape index (κ1) is 14.0. The van der Waals surface area contributed by atoms with Crippen LogP contribution in [0.5, 0.6) is 0 Å². The average molecular weight is 243 g/mol. The first-order chi connectivity index (χ1) is 7.97. The Morgan fingerprint density at radius 1 is 1.41 bits per heavy atom. The number of carbonyl (C=O) groups excluding carboxylic acids is 1. The molecule has 5 heteroatoms. The quantitative estimate of drug-likeness (QED) is 0.734. The molecule has 1 fully saturated rings. The van der Waals surface area contributed by atoms with Gasteiger partial charge in [0.25, 0.3) is 0 Å². The van der Waals surface area contributed by atoms with Gasteiger partial charge in [-0.05, 0) is 19.8 Å². The molecular weight excluding hydrogens is 222 g/mol. The molecule has 1 aliphatic carbocycles. The number of amides is 1. The van der Waals surface area contributed by atoms with E-state index in [1.165, 1.54) is 7.11 Å². The molecule has 1 rings (SSSR count). The predicted molar refractivity (Wildman–Crippen MR) is 62.6 cm³/mol. The van der Waals surface area contributed by atoms with Crippen molar-refractivity contribution < 1.29 is 19.4 Å². The van der Waals surface area contributed by atoms with E-state index in [1.54, 1.807) is 6.92 Å². The molecule has 0 radical (unpaired) electrons. The van der Waals surface area contributed by atoms with Gasteiger partial charge in [-0.25, -0.2) is 0 Å². The Hall–Kier alpha value is -1.10. The summed E-state index contributed by atoms with van der Waals surface area (Å²) < 4.78 is 4.99. The van der Waals surface area contributed by atoms with Crippen molar-refractivity contribution in [3.8, 4) is 0 Å². The SMILES string of the molecule is COCC(C)(CC(=O)O)NC(=O)C1CCCC1. The van der Waals surface area contributed by atoms with E-state index in [0.717, 1.165) is 25.7 Å². The van der Waals surface area contributed by atoms with E-state index in [1.807, 2.05) is 0 Å². The van der Waals surface area contributed by atoms with Crippen LogP contribution in [0, 0.1) is 5.92 Å². The second kappa shape index (κ2) is 6.00.